The van der Waals surface area contributed by atoms with Gasteiger partial charge in [0.05, 0.1) is 6.26 Å². The molecule has 0 heterocycles. The molecule has 0 amide bonds. The Morgan fingerprint density at radius 3 is 2.55 bits per heavy atom. The van der Waals surface area contributed by atoms with Crippen molar-refractivity contribution in [1.82, 2.24) is 4.72 Å². The molecule has 1 unspecified atom stereocenters. The molecule has 0 saturated carbocycles. The monoisotopic (exact) mass is 331 g/mol. The molecule has 1 aromatic rings. The molecule has 1 N–H and O–H groups in total. The molecule has 0 spiro atoms. The van der Waals surface area contributed by atoms with E-state index in [1.807, 2.05) is 0 Å². The summed E-state index contributed by atoms with van der Waals surface area (Å²) < 4.78 is 47.3. The number of hydrogen-bond donors (Lipinski definition) is 1. The Hall–Kier alpha value is -1.93. The van der Waals surface area contributed by atoms with E-state index in [4.69, 9.17) is 9.47 Å². The maximum atomic E-state index is 12.8. The van der Waals surface area contributed by atoms with E-state index in [1.165, 1.54) is 43.3 Å². The highest BCUT2D eigenvalue weighted by atomic mass is 32.2. The molecule has 122 valence electrons. The number of carbonyl (C=O) groups excluding carboxylic acids is 1. The molecule has 0 aliphatic rings. The molecule has 0 radical (unpaired) electrons. The molecule has 0 aliphatic heterocycles. The van der Waals surface area contributed by atoms with Crippen molar-refractivity contribution in [1.29, 1.82) is 0 Å². The number of nitrogens with one attached hydrogen (secondary N) is 1. The Morgan fingerprint density at radius 1 is 1.36 bits per heavy atom. The average molecular weight is 331 g/mol. The van der Waals surface area contributed by atoms with Crippen LogP contribution in [0.25, 0.3) is 0 Å². The number of sulfonamides is 1. The molecule has 0 aliphatic carbocycles. The summed E-state index contributed by atoms with van der Waals surface area (Å²) in [5.74, 6) is -0.440. The molecule has 1 rings (SSSR count). The highest BCUT2D eigenvalue weighted by Gasteiger charge is 2.09. The zero-order valence-electron chi connectivity index (χ0n) is 12.3. The molecule has 0 fully saturated rings. The van der Waals surface area contributed by atoms with Gasteiger partial charge in [-0.3, -0.25) is 4.79 Å². The Balaban J connectivity index is 2.54. The van der Waals surface area contributed by atoms with Crippen LogP contribution in [0.3, 0.4) is 0 Å². The maximum absolute atomic E-state index is 12.8. The Kier molecular flexibility index (Phi) is 7.00. The van der Waals surface area contributed by atoms with Crippen LogP contribution in [-0.4, -0.2) is 39.9 Å². The smallest absolute Gasteiger partial charge is 0.303 e. The van der Waals surface area contributed by atoms with Crippen molar-refractivity contribution in [2.45, 2.75) is 13.0 Å². The minimum absolute atomic E-state index is 0.0284. The van der Waals surface area contributed by atoms with Gasteiger partial charge in [0.25, 0.3) is 0 Å². The van der Waals surface area contributed by atoms with Gasteiger partial charge in [0.1, 0.15) is 18.2 Å². The van der Waals surface area contributed by atoms with Crippen molar-refractivity contribution in [3.05, 3.63) is 42.2 Å². The van der Waals surface area contributed by atoms with Crippen molar-refractivity contribution in [2.24, 2.45) is 0 Å². The van der Waals surface area contributed by atoms with Gasteiger partial charge in [0.2, 0.25) is 10.0 Å². The first-order chi connectivity index (χ1) is 10.3. The first-order valence-corrected chi connectivity index (χ1v) is 8.32. The Bertz CT molecular complexity index is 613. The molecule has 1 aromatic carbocycles. The topological polar surface area (TPSA) is 81.7 Å². The second-order valence-corrected chi connectivity index (χ2v) is 6.29. The zero-order chi connectivity index (χ0) is 16.6. The van der Waals surface area contributed by atoms with E-state index >= 15 is 0 Å². The second kappa shape index (κ2) is 8.50. The summed E-state index contributed by atoms with van der Waals surface area (Å²) in [5, 5.41) is 0. The first kappa shape index (κ1) is 18.1. The predicted octanol–water partition coefficient (Wildman–Crippen LogP) is 1.24. The van der Waals surface area contributed by atoms with Gasteiger partial charge >= 0.3 is 5.97 Å². The van der Waals surface area contributed by atoms with E-state index in [-0.39, 0.29) is 19.0 Å². The summed E-state index contributed by atoms with van der Waals surface area (Å²) in [6.07, 6.45) is 3.40. The van der Waals surface area contributed by atoms with Gasteiger partial charge in [-0.25, -0.2) is 17.5 Å². The highest BCUT2D eigenvalue weighted by Crippen LogP contribution is 2.12. The second-order valence-electron chi connectivity index (χ2n) is 4.46. The van der Waals surface area contributed by atoms with Gasteiger partial charge < -0.3 is 9.47 Å². The summed E-state index contributed by atoms with van der Waals surface area (Å²) in [4.78, 5) is 11.0. The lowest BCUT2D eigenvalue weighted by atomic mass is 10.3. The highest BCUT2D eigenvalue weighted by molar-refractivity contribution is 7.88. The van der Waals surface area contributed by atoms with Crippen LogP contribution < -0.4 is 9.46 Å². The molecule has 0 saturated heterocycles. The number of ether oxygens (including phenoxy) is 2. The van der Waals surface area contributed by atoms with E-state index in [0.29, 0.717) is 5.75 Å². The summed E-state index contributed by atoms with van der Waals surface area (Å²) in [6, 6.07) is 5.41. The maximum Gasteiger partial charge on any atom is 0.303 e. The third kappa shape index (κ3) is 8.38. The van der Waals surface area contributed by atoms with E-state index in [0.717, 1.165) is 6.26 Å². The number of hydrogen-bond acceptors (Lipinski definition) is 5. The number of benzene rings is 1. The molecular formula is C14H18FNO5S. The fourth-order valence-electron chi connectivity index (χ4n) is 1.47. The van der Waals surface area contributed by atoms with Crippen LogP contribution in [0.15, 0.2) is 36.4 Å². The Morgan fingerprint density at radius 2 is 2.00 bits per heavy atom. The van der Waals surface area contributed by atoms with Crippen LogP contribution in [0.5, 0.6) is 5.75 Å². The summed E-state index contributed by atoms with van der Waals surface area (Å²) in [5.41, 5.74) is 0. The third-order valence-electron chi connectivity index (χ3n) is 2.36. The lowest BCUT2D eigenvalue weighted by Gasteiger charge is -2.14. The van der Waals surface area contributed by atoms with Crippen LogP contribution >= 0.6 is 0 Å². The zero-order valence-corrected chi connectivity index (χ0v) is 13.1. The molecule has 0 aromatic heterocycles. The van der Waals surface area contributed by atoms with E-state index < -0.39 is 22.1 Å². The van der Waals surface area contributed by atoms with Crippen molar-refractivity contribution >= 4 is 16.0 Å². The third-order valence-corrected chi connectivity index (χ3v) is 3.05. The van der Waals surface area contributed by atoms with Crippen LogP contribution in [-0.2, 0) is 19.6 Å². The van der Waals surface area contributed by atoms with Gasteiger partial charge in [0, 0.05) is 13.5 Å². The van der Waals surface area contributed by atoms with Gasteiger partial charge in [-0.05, 0) is 30.3 Å². The van der Waals surface area contributed by atoms with Crippen molar-refractivity contribution in [2.75, 3.05) is 19.4 Å². The summed E-state index contributed by atoms with van der Waals surface area (Å²) >= 11 is 0. The van der Waals surface area contributed by atoms with Gasteiger partial charge in [-0.15, -0.1) is 0 Å². The normalized spacial score (nSPS) is 13.0. The molecule has 0 bridgehead atoms. The van der Waals surface area contributed by atoms with E-state index in [9.17, 15) is 17.6 Å². The van der Waals surface area contributed by atoms with Crippen molar-refractivity contribution in [3.8, 4) is 5.75 Å². The molecule has 6 nitrogen and oxygen atoms in total. The molecular weight excluding hydrogens is 313 g/mol. The molecule has 22 heavy (non-hydrogen) atoms. The average Bonchev–Trinajstić information content (AvgIpc) is 2.40. The standard InChI is InChI=1S/C14H18FNO5S/c1-11(17)21-14(4-3-9-16-22(2,18)19)10-20-13-7-5-12(15)6-8-13/h3-8,14,16H,9-10H2,1-2H3/b4-3+. The van der Waals surface area contributed by atoms with Gasteiger partial charge in [-0.1, -0.05) is 6.08 Å². The van der Waals surface area contributed by atoms with E-state index in [1.54, 1.807) is 0 Å². The van der Waals surface area contributed by atoms with E-state index in [2.05, 4.69) is 4.72 Å². The minimum Gasteiger partial charge on any atom is -0.489 e. The summed E-state index contributed by atoms with van der Waals surface area (Å²) in [7, 11) is -3.28. The largest absolute Gasteiger partial charge is 0.489 e. The SMILES string of the molecule is CC(=O)OC(/C=C/CNS(C)(=O)=O)COc1ccc(F)cc1. The van der Waals surface area contributed by atoms with Gasteiger partial charge in [-0.2, -0.15) is 0 Å². The van der Waals surface area contributed by atoms with Gasteiger partial charge in [0.15, 0.2) is 6.10 Å². The fourth-order valence-corrected chi connectivity index (χ4v) is 1.87. The van der Waals surface area contributed by atoms with Crippen LogP contribution in [0.2, 0.25) is 0 Å². The predicted molar refractivity (Wildman–Crippen MR) is 79.4 cm³/mol. The van der Waals surface area contributed by atoms with Crippen LogP contribution in [0, 0.1) is 5.82 Å². The number of esters is 1. The number of halogens is 1. The quantitative estimate of drug-likeness (QED) is 0.572. The van der Waals surface area contributed by atoms with Crippen molar-refractivity contribution < 1.29 is 27.1 Å². The van der Waals surface area contributed by atoms with Crippen LogP contribution in [0.4, 0.5) is 4.39 Å². The Labute approximate surface area is 129 Å². The first-order valence-electron chi connectivity index (χ1n) is 6.43. The lowest BCUT2D eigenvalue weighted by molar-refractivity contribution is -0.145. The summed E-state index contributed by atoms with van der Waals surface area (Å²) in [6.45, 7) is 1.36. The molecule has 1 atom stereocenters. The van der Waals surface area contributed by atoms with Crippen molar-refractivity contribution in [3.63, 3.8) is 0 Å². The number of rotatable bonds is 8. The number of carbonyl (C=O) groups is 1. The lowest BCUT2D eigenvalue weighted by Crippen LogP contribution is -2.24. The molecule has 8 heteroatoms. The van der Waals surface area contributed by atoms with Crippen LogP contribution in [0.1, 0.15) is 6.92 Å². The minimum atomic E-state index is -3.28. The fraction of sp³-hybridized carbons (Fsp3) is 0.357.